The highest BCUT2D eigenvalue weighted by atomic mass is 19.1. The van der Waals surface area contributed by atoms with E-state index in [1.807, 2.05) is 0 Å². The average Bonchev–Trinajstić information content (AvgIpc) is 3.14. The molecule has 26 heavy (non-hydrogen) atoms. The fourth-order valence-electron chi connectivity index (χ4n) is 2.31. The summed E-state index contributed by atoms with van der Waals surface area (Å²) in [6.07, 6.45) is 1.95. The van der Waals surface area contributed by atoms with Crippen molar-refractivity contribution in [3.63, 3.8) is 0 Å². The van der Waals surface area contributed by atoms with Crippen LogP contribution in [0.2, 0.25) is 0 Å². The monoisotopic (exact) mass is 361 g/mol. The Morgan fingerprint density at radius 3 is 2.46 bits per heavy atom. The van der Waals surface area contributed by atoms with Crippen LogP contribution in [0.1, 0.15) is 29.8 Å². The van der Waals surface area contributed by atoms with Crippen molar-refractivity contribution in [3.8, 4) is 0 Å². The SMILES string of the molecule is NC(=O)CCN(C(=O)CCCNC(=O)c1ccco1)c1ccc(F)cc1. The number of halogens is 1. The van der Waals surface area contributed by atoms with Crippen molar-refractivity contribution in [2.45, 2.75) is 19.3 Å². The van der Waals surface area contributed by atoms with Gasteiger partial charge < -0.3 is 20.4 Å². The molecule has 0 aliphatic heterocycles. The average molecular weight is 361 g/mol. The molecule has 2 aromatic rings. The number of nitrogens with one attached hydrogen (secondary N) is 1. The van der Waals surface area contributed by atoms with Crippen molar-refractivity contribution in [1.29, 1.82) is 0 Å². The fourth-order valence-corrected chi connectivity index (χ4v) is 2.31. The Bertz CT molecular complexity index is 744. The van der Waals surface area contributed by atoms with Gasteiger partial charge in [-0.3, -0.25) is 14.4 Å². The van der Waals surface area contributed by atoms with Crippen LogP contribution in [0.15, 0.2) is 47.1 Å². The number of carbonyl (C=O) groups is 3. The number of nitrogens with zero attached hydrogens (tertiary/aromatic N) is 1. The van der Waals surface area contributed by atoms with E-state index in [9.17, 15) is 18.8 Å². The third kappa shape index (κ3) is 5.73. The van der Waals surface area contributed by atoms with Gasteiger partial charge in [0, 0.05) is 31.6 Å². The van der Waals surface area contributed by atoms with E-state index >= 15 is 0 Å². The van der Waals surface area contributed by atoms with E-state index in [2.05, 4.69) is 5.32 Å². The minimum Gasteiger partial charge on any atom is -0.459 e. The Hall–Kier alpha value is -3.16. The maximum absolute atomic E-state index is 13.1. The van der Waals surface area contributed by atoms with Crippen LogP contribution in [-0.4, -0.2) is 30.8 Å². The van der Waals surface area contributed by atoms with Crippen molar-refractivity contribution >= 4 is 23.4 Å². The van der Waals surface area contributed by atoms with Crippen molar-refractivity contribution in [3.05, 3.63) is 54.2 Å². The molecular formula is C18H20FN3O4. The zero-order valence-corrected chi connectivity index (χ0v) is 14.1. The Balaban J connectivity index is 1.88. The van der Waals surface area contributed by atoms with E-state index in [0.717, 1.165) is 0 Å². The number of hydrogen-bond donors (Lipinski definition) is 2. The number of primary amides is 1. The highest BCUT2D eigenvalue weighted by Gasteiger charge is 2.16. The van der Waals surface area contributed by atoms with Gasteiger partial charge in [0.25, 0.3) is 5.91 Å². The zero-order chi connectivity index (χ0) is 18.9. The molecule has 0 fully saturated rings. The lowest BCUT2D eigenvalue weighted by molar-refractivity contribution is -0.119. The predicted molar refractivity (Wildman–Crippen MR) is 92.8 cm³/mol. The van der Waals surface area contributed by atoms with E-state index < -0.39 is 11.7 Å². The second-order valence-corrected chi connectivity index (χ2v) is 5.57. The maximum atomic E-state index is 13.1. The van der Waals surface area contributed by atoms with Gasteiger partial charge in [0.05, 0.1) is 6.26 Å². The van der Waals surface area contributed by atoms with Gasteiger partial charge >= 0.3 is 0 Å². The van der Waals surface area contributed by atoms with Crippen LogP contribution in [0.4, 0.5) is 10.1 Å². The van der Waals surface area contributed by atoms with E-state index in [4.69, 9.17) is 10.2 Å². The molecule has 7 nitrogen and oxygen atoms in total. The molecular weight excluding hydrogens is 341 g/mol. The summed E-state index contributed by atoms with van der Waals surface area (Å²) < 4.78 is 18.1. The number of carbonyl (C=O) groups excluding carboxylic acids is 3. The highest BCUT2D eigenvalue weighted by molar-refractivity contribution is 5.94. The highest BCUT2D eigenvalue weighted by Crippen LogP contribution is 2.17. The van der Waals surface area contributed by atoms with Crippen LogP contribution in [0.3, 0.4) is 0 Å². The first-order valence-electron chi connectivity index (χ1n) is 8.13. The third-order valence-corrected chi connectivity index (χ3v) is 3.62. The number of amides is 3. The van der Waals surface area contributed by atoms with Gasteiger partial charge in [-0.2, -0.15) is 0 Å². The first-order chi connectivity index (χ1) is 12.5. The second-order valence-electron chi connectivity index (χ2n) is 5.57. The Labute approximate surface area is 150 Å². The molecule has 8 heteroatoms. The molecule has 138 valence electrons. The van der Waals surface area contributed by atoms with Gasteiger partial charge in [-0.1, -0.05) is 0 Å². The summed E-state index contributed by atoms with van der Waals surface area (Å²) in [6, 6.07) is 8.56. The van der Waals surface area contributed by atoms with E-state index in [-0.39, 0.29) is 37.0 Å². The van der Waals surface area contributed by atoms with Crippen LogP contribution < -0.4 is 16.0 Å². The molecule has 0 aliphatic rings. The van der Waals surface area contributed by atoms with Gasteiger partial charge in [-0.05, 0) is 42.8 Å². The van der Waals surface area contributed by atoms with Crippen molar-refractivity contribution in [1.82, 2.24) is 5.32 Å². The molecule has 0 bridgehead atoms. The summed E-state index contributed by atoms with van der Waals surface area (Å²) in [5.41, 5.74) is 5.63. The van der Waals surface area contributed by atoms with Gasteiger partial charge in [-0.25, -0.2) is 4.39 Å². The molecule has 0 spiro atoms. The van der Waals surface area contributed by atoms with Gasteiger partial charge in [0.1, 0.15) is 5.82 Å². The Morgan fingerprint density at radius 1 is 1.12 bits per heavy atom. The number of anilines is 1. The molecule has 0 saturated heterocycles. The van der Waals surface area contributed by atoms with E-state index in [1.165, 1.54) is 35.4 Å². The molecule has 0 unspecified atom stereocenters. The number of benzene rings is 1. The van der Waals surface area contributed by atoms with Crippen molar-refractivity contribution < 1.29 is 23.2 Å². The van der Waals surface area contributed by atoms with Crippen LogP contribution in [0.5, 0.6) is 0 Å². The standard InChI is InChI=1S/C18H20FN3O4/c19-13-5-7-14(8-6-13)22(11-9-16(20)23)17(24)4-1-10-21-18(25)15-3-2-12-26-15/h2-3,5-8,12H,1,4,9-11H2,(H2,20,23)(H,21,25). The fraction of sp³-hybridized carbons (Fsp3) is 0.278. The summed E-state index contributed by atoms with van der Waals surface area (Å²) in [4.78, 5) is 36.6. The van der Waals surface area contributed by atoms with Crippen LogP contribution in [-0.2, 0) is 9.59 Å². The molecule has 0 atom stereocenters. The molecule has 1 aromatic heterocycles. The van der Waals surface area contributed by atoms with Gasteiger partial charge in [0.15, 0.2) is 5.76 Å². The van der Waals surface area contributed by atoms with E-state index in [1.54, 1.807) is 12.1 Å². The number of furan rings is 1. The molecule has 1 heterocycles. The summed E-state index contributed by atoms with van der Waals surface area (Å²) in [7, 11) is 0. The van der Waals surface area contributed by atoms with Crippen LogP contribution in [0.25, 0.3) is 0 Å². The lowest BCUT2D eigenvalue weighted by atomic mass is 10.2. The summed E-state index contributed by atoms with van der Waals surface area (Å²) in [5.74, 6) is -1.35. The topological polar surface area (TPSA) is 106 Å². The molecule has 0 aliphatic carbocycles. The van der Waals surface area contributed by atoms with Gasteiger partial charge in [0.2, 0.25) is 11.8 Å². The first kappa shape index (κ1) is 19.2. The Morgan fingerprint density at radius 2 is 1.85 bits per heavy atom. The van der Waals surface area contributed by atoms with Crippen molar-refractivity contribution in [2.75, 3.05) is 18.0 Å². The molecule has 3 amide bonds. The zero-order valence-electron chi connectivity index (χ0n) is 14.1. The number of hydrogen-bond acceptors (Lipinski definition) is 4. The lowest BCUT2D eigenvalue weighted by Gasteiger charge is -2.22. The largest absolute Gasteiger partial charge is 0.459 e. The number of rotatable bonds is 9. The number of nitrogens with two attached hydrogens (primary N) is 1. The lowest BCUT2D eigenvalue weighted by Crippen LogP contribution is -2.34. The summed E-state index contributed by atoms with van der Waals surface area (Å²) in [6.45, 7) is 0.400. The van der Waals surface area contributed by atoms with Crippen LogP contribution in [0, 0.1) is 5.82 Å². The van der Waals surface area contributed by atoms with E-state index in [0.29, 0.717) is 18.7 Å². The third-order valence-electron chi connectivity index (χ3n) is 3.62. The minimum atomic E-state index is -0.532. The summed E-state index contributed by atoms with van der Waals surface area (Å²) >= 11 is 0. The maximum Gasteiger partial charge on any atom is 0.286 e. The molecule has 2 rings (SSSR count). The quantitative estimate of drug-likeness (QED) is 0.665. The van der Waals surface area contributed by atoms with Crippen LogP contribution >= 0.6 is 0 Å². The second kappa shape index (κ2) is 9.36. The normalized spacial score (nSPS) is 10.3. The molecule has 3 N–H and O–H groups in total. The Kier molecular flexibility index (Phi) is 6.90. The molecule has 1 aromatic carbocycles. The van der Waals surface area contributed by atoms with Gasteiger partial charge in [-0.15, -0.1) is 0 Å². The minimum absolute atomic E-state index is 0.00164. The predicted octanol–water partition coefficient (Wildman–Crippen LogP) is 1.84. The molecule has 0 saturated carbocycles. The summed E-state index contributed by atoms with van der Waals surface area (Å²) in [5, 5.41) is 2.65. The molecule has 0 radical (unpaired) electrons. The smallest absolute Gasteiger partial charge is 0.286 e. The van der Waals surface area contributed by atoms with Crippen molar-refractivity contribution in [2.24, 2.45) is 5.73 Å². The first-order valence-corrected chi connectivity index (χ1v) is 8.13.